The smallest absolute Gasteiger partial charge is 0.453 e. The number of amides is 6. The van der Waals surface area contributed by atoms with Crippen LogP contribution in [0.15, 0.2) is 127 Å². The maximum absolute atomic E-state index is 13.6. The molecule has 6 aromatic carbocycles. The van der Waals surface area contributed by atoms with E-state index in [1.54, 1.807) is 16.0 Å². The summed E-state index contributed by atoms with van der Waals surface area (Å²) in [5.74, 6) is 1.98. The Kier molecular flexibility index (Phi) is 24.2. The van der Waals surface area contributed by atoms with Crippen molar-refractivity contribution in [3.63, 3.8) is 0 Å². The fourth-order valence-corrected chi connectivity index (χ4v) is 16.3. The minimum absolute atomic E-state index is 0.00420. The summed E-state index contributed by atoms with van der Waals surface area (Å²) in [6.07, 6.45) is 9.68. The molecule has 6 aliphatic heterocycles. The van der Waals surface area contributed by atoms with E-state index >= 15 is 0 Å². The first-order chi connectivity index (χ1) is 54.1. The van der Waals surface area contributed by atoms with Crippen LogP contribution in [0.4, 0.5) is 24.9 Å². The zero-order chi connectivity index (χ0) is 81.5. The first-order valence-electron chi connectivity index (χ1n) is 39.8. The van der Waals surface area contributed by atoms with Gasteiger partial charge in [-0.15, -0.1) is 0 Å². The molecule has 15 rings (SSSR count). The number of ether oxygens (including phenoxy) is 4. The van der Waals surface area contributed by atoms with Crippen molar-refractivity contribution in [3.8, 4) is 33.5 Å². The van der Waals surface area contributed by atoms with Gasteiger partial charge >= 0.3 is 31.5 Å². The number of hydrogen-bond donors (Lipinski definition) is 5. The molecule has 0 aliphatic carbocycles. The number of hydrogen-bond acceptors (Lipinski definition) is 16. The lowest BCUT2D eigenvalue weighted by Gasteiger charge is -2.32. The predicted molar refractivity (Wildman–Crippen MR) is 450 cm³/mol. The second kappa shape index (κ2) is 33.5. The first-order valence-corrected chi connectivity index (χ1v) is 40.9. The Hall–Kier alpha value is -9.87. The van der Waals surface area contributed by atoms with Crippen molar-refractivity contribution >= 4 is 115 Å². The molecule has 6 aliphatic rings. The average Bonchev–Trinajstić information content (AvgIpc) is 1.88. The Balaban J connectivity index is 0.000000161. The molecular weight excluding hydrogens is 1560 g/mol. The highest BCUT2D eigenvalue weighted by Gasteiger charge is 2.52. The predicted octanol–water partition coefficient (Wildman–Crippen LogP) is 16.8. The number of carbonyl (C=O) groups excluding carboxylic acids is 6. The molecule has 6 atom stereocenters. The highest BCUT2D eigenvalue weighted by molar-refractivity contribution is 14.1. The number of aromatic amines is 3. The fraction of sp³-hybridized carbons (Fsp3) is 0.471. The monoisotopic (exact) mass is 1660 g/mol. The minimum atomic E-state index is -0.680. The van der Waals surface area contributed by atoms with E-state index in [0.717, 1.165) is 145 Å². The zero-order valence-electron chi connectivity index (χ0n) is 68.3. The summed E-state index contributed by atoms with van der Waals surface area (Å²) in [6, 6.07) is 36.9. The average molecular weight is 1660 g/mol. The Labute approximate surface area is 680 Å². The Morgan fingerprint density at radius 2 is 0.965 bits per heavy atom. The molecular formula is C87H107BIN13O12. The van der Waals surface area contributed by atoms with Crippen LogP contribution >= 0.6 is 22.6 Å². The maximum Gasteiger partial charge on any atom is 0.494 e. The number of alkyl carbamates (subject to hydrolysis) is 2. The van der Waals surface area contributed by atoms with Gasteiger partial charge < -0.3 is 63.6 Å². The molecule has 25 nitrogen and oxygen atoms in total. The number of aliphatic imine (C=N–C) groups is 1. The molecule has 114 heavy (non-hydrogen) atoms. The number of carbonyl (C=O) groups is 6. The van der Waals surface area contributed by atoms with Gasteiger partial charge in [-0.1, -0.05) is 94.4 Å². The van der Waals surface area contributed by atoms with Crippen molar-refractivity contribution in [3.05, 3.63) is 148 Å². The molecule has 0 radical (unpaired) electrons. The van der Waals surface area contributed by atoms with Crippen LogP contribution in [0.1, 0.15) is 189 Å². The van der Waals surface area contributed by atoms with Gasteiger partial charge in [0.25, 0.3) is 0 Å². The minimum Gasteiger partial charge on any atom is -0.453 e. The molecule has 6 amide bonds. The van der Waals surface area contributed by atoms with E-state index in [1.807, 2.05) is 91.3 Å². The normalized spacial score (nSPS) is 19.7. The van der Waals surface area contributed by atoms with Gasteiger partial charge in [0.05, 0.1) is 88.1 Å². The number of halogens is 1. The highest BCUT2D eigenvalue weighted by atomic mass is 127. The number of methoxy groups -OCH3 is 2. The van der Waals surface area contributed by atoms with E-state index in [2.05, 4.69) is 189 Å². The van der Waals surface area contributed by atoms with Gasteiger partial charge in [-0.05, 0) is 252 Å². The van der Waals surface area contributed by atoms with Crippen molar-refractivity contribution in [2.45, 2.75) is 213 Å². The molecule has 3 aromatic heterocycles. The lowest BCUT2D eigenvalue weighted by atomic mass is 9.78. The van der Waals surface area contributed by atoms with E-state index in [9.17, 15) is 28.8 Å². The van der Waals surface area contributed by atoms with Crippen LogP contribution in [0.5, 0.6) is 0 Å². The molecule has 9 aromatic rings. The SMILES string of the molecule is CC(C)(C)OC(=O)N1CCC[C@H]1C1=Nc2ccc(-c3ccc4cc(B5OC(C)(C)C(C)(C)O5)ccc4c3)cc2C1.COC(=O)N[C@H](C(=O)N1CCC[C@H]1c1ncc(-c2ccc3cc(-c4ccc5nc([C@@H]6CCCN6C(=O)OC(C)(C)C)[nH]c5c4)ccc3c2)[nH]1)C(C)C.COC(=O)N[C@H](C(=O)N1CCC[C@H]1c1ncc(I)[nH]1)C(C)C. The lowest BCUT2D eigenvalue weighted by Crippen LogP contribution is -2.51. The quantitative estimate of drug-likeness (QED) is 0.0384. The van der Waals surface area contributed by atoms with Crippen molar-refractivity contribution in [1.29, 1.82) is 0 Å². The van der Waals surface area contributed by atoms with Gasteiger partial charge in [0.15, 0.2) is 0 Å². The van der Waals surface area contributed by atoms with E-state index in [0.29, 0.717) is 26.2 Å². The third-order valence-corrected chi connectivity index (χ3v) is 23.1. The summed E-state index contributed by atoms with van der Waals surface area (Å²) < 4.78 is 34.2. The molecule has 5 N–H and O–H groups in total. The number of benzene rings is 6. The summed E-state index contributed by atoms with van der Waals surface area (Å²) in [6.45, 7) is 30.0. The third kappa shape index (κ3) is 18.3. The molecule has 602 valence electrons. The van der Waals surface area contributed by atoms with Crippen molar-refractivity contribution in [2.75, 3.05) is 40.4 Å². The van der Waals surface area contributed by atoms with Gasteiger partial charge in [0.1, 0.15) is 40.8 Å². The number of nitrogens with zero attached hydrogens (tertiary/aromatic N) is 8. The Morgan fingerprint density at radius 1 is 0.526 bits per heavy atom. The van der Waals surface area contributed by atoms with Crippen molar-refractivity contribution < 1.29 is 57.0 Å². The third-order valence-electron chi connectivity index (χ3n) is 22.5. The molecule has 27 heteroatoms. The number of rotatable bonds is 14. The summed E-state index contributed by atoms with van der Waals surface area (Å²) >= 11 is 2.16. The summed E-state index contributed by atoms with van der Waals surface area (Å²) in [4.78, 5) is 112. The van der Waals surface area contributed by atoms with E-state index in [4.69, 9.17) is 38.5 Å². The van der Waals surface area contributed by atoms with E-state index in [1.165, 1.54) is 36.3 Å². The molecule has 0 bridgehead atoms. The van der Waals surface area contributed by atoms with Gasteiger partial charge in [0.2, 0.25) is 11.8 Å². The summed E-state index contributed by atoms with van der Waals surface area (Å²) in [5, 5.41) is 9.87. The molecule has 0 saturated carbocycles. The van der Waals surface area contributed by atoms with Gasteiger partial charge in [0, 0.05) is 43.9 Å². The van der Waals surface area contributed by atoms with Gasteiger partial charge in [-0.25, -0.2) is 34.1 Å². The summed E-state index contributed by atoms with van der Waals surface area (Å²) in [7, 11) is 2.22. The number of aromatic nitrogens is 6. The number of likely N-dealkylation sites (tertiary alicyclic amines) is 4. The molecule has 5 fully saturated rings. The van der Waals surface area contributed by atoms with Gasteiger partial charge in [-0.2, -0.15) is 0 Å². The zero-order valence-corrected chi connectivity index (χ0v) is 70.4. The van der Waals surface area contributed by atoms with Crippen LogP contribution in [0.25, 0.3) is 66.1 Å². The van der Waals surface area contributed by atoms with Crippen molar-refractivity contribution in [1.82, 2.24) is 60.1 Å². The van der Waals surface area contributed by atoms with Crippen LogP contribution in [0, 0.1) is 15.5 Å². The first kappa shape index (κ1) is 82.1. The van der Waals surface area contributed by atoms with Crippen LogP contribution in [0.2, 0.25) is 0 Å². The lowest BCUT2D eigenvalue weighted by molar-refractivity contribution is -0.136. The molecule has 5 saturated heterocycles. The topological polar surface area (TPSA) is 293 Å². The summed E-state index contributed by atoms with van der Waals surface area (Å²) in [5.41, 5.74) is 10.7. The largest absolute Gasteiger partial charge is 0.494 e. The van der Waals surface area contributed by atoms with E-state index < -0.39 is 35.5 Å². The van der Waals surface area contributed by atoms with Crippen LogP contribution in [0.3, 0.4) is 0 Å². The fourth-order valence-electron chi connectivity index (χ4n) is 15.9. The standard InChI is InChI=1S/C40H47N7O5.C33H39BN2O4.C14H21IN4O3/c1-23(2)34(45-38(49)51-6)37(48)46-17-7-9-32(46)35-41-22-31(44-35)28-14-13-24-19-25(11-12-26(24)20-28)27-15-16-29-30(21-27)43-36(42-29)33-10-8-18-47(33)39(50)52-40(3,4)5;1-31(2,3)38-30(37)36-16-8-9-29(36)28-20-25-18-23(13-15-27(25)35-28)21-10-11-24-19-26(14-12-22(24)17-21)34-39-32(4,5)33(6,7)40-34;1-8(2)11(18-14(21)22-3)13(20)19-6-4-5-9(19)12-16-7-10(15)17-12/h11-16,19-23,32-34H,7-10,17-18H2,1-6H3,(H,41,44)(H,42,43)(H,45,49);10-15,17-19,29H,8-9,16,20H2,1-7H3;7-9,11H,4-6H2,1-3H3,(H,16,17)(H,18,21)/t32-,33-,34-;29-;9-,11-/m000/s1. The van der Waals surface area contributed by atoms with Crippen LogP contribution < -0.4 is 16.1 Å². The molecule has 0 spiro atoms. The highest BCUT2D eigenvalue weighted by Crippen LogP contribution is 2.41. The molecule has 0 unspecified atom stereocenters. The number of fused-ring (bicyclic) bond motifs is 4. The van der Waals surface area contributed by atoms with E-state index in [-0.39, 0.29) is 78.3 Å². The van der Waals surface area contributed by atoms with Crippen LogP contribution in [-0.4, -0.2) is 179 Å². The number of nitrogens with one attached hydrogen (secondary N) is 5. The maximum atomic E-state index is 13.6. The second-order valence-corrected chi connectivity index (χ2v) is 35.4. The Bertz CT molecular complexity index is 5100. The number of imidazole rings is 3. The van der Waals surface area contributed by atoms with Crippen molar-refractivity contribution in [2.24, 2.45) is 16.8 Å². The Morgan fingerprint density at radius 3 is 1.48 bits per heavy atom. The van der Waals surface area contributed by atoms with Crippen LogP contribution in [-0.2, 0) is 44.3 Å². The second-order valence-electron chi connectivity index (χ2n) is 34.2. The number of H-pyrrole nitrogens is 3. The molecule has 9 heterocycles. The van der Waals surface area contributed by atoms with Gasteiger partial charge in [-0.3, -0.25) is 24.4 Å².